The molecule has 0 aliphatic carbocycles. The van der Waals surface area contributed by atoms with Crippen LogP contribution in [-0.2, 0) is 5.60 Å². The van der Waals surface area contributed by atoms with E-state index in [1.807, 2.05) is 36.4 Å². The van der Waals surface area contributed by atoms with Crippen molar-refractivity contribution in [2.24, 2.45) is 0 Å². The molecule has 0 saturated heterocycles. The van der Waals surface area contributed by atoms with Crippen molar-refractivity contribution in [2.75, 3.05) is 27.7 Å². The van der Waals surface area contributed by atoms with E-state index in [1.54, 1.807) is 18.4 Å². The monoisotopic (exact) mass is 608 g/mol. The Labute approximate surface area is 268 Å². The molecule has 7 aromatic rings. The summed E-state index contributed by atoms with van der Waals surface area (Å²) in [6.45, 7) is 0.697. The number of hydrogen-bond acceptors (Lipinski definition) is 5. The van der Waals surface area contributed by atoms with Crippen LogP contribution in [0.3, 0.4) is 0 Å². The van der Waals surface area contributed by atoms with E-state index in [0.29, 0.717) is 18.8 Å². The smallest absolute Gasteiger partial charge is 0.217 e. The summed E-state index contributed by atoms with van der Waals surface area (Å²) in [5.74, 6) is 0.0683. The van der Waals surface area contributed by atoms with E-state index in [1.165, 1.54) is 15.0 Å². The molecule has 0 saturated carbocycles. The third-order valence-electron chi connectivity index (χ3n) is 8.83. The van der Waals surface area contributed by atoms with E-state index >= 15 is 0 Å². The number of thiophene rings is 1. The first-order valence-electron chi connectivity index (χ1n) is 15.3. The summed E-state index contributed by atoms with van der Waals surface area (Å²) in [6.07, 6.45) is 0.511. The van der Waals surface area contributed by atoms with Gasteiger partial charge in [-0.25, -0.2) is 4.98 Å². The molecule has 45 heavy (non-hydrogen) atoms. The van der Waals surface area contributed by atoms with Crippen molar-refractivity contribution in [1.29, 1.82) is 0 Å². The van der Waals surface area contributed by atoms with Crippen LogP contribution in [0, 0.1) is 0 Å². The largest absolute Gasteiger partial charge is 0.481 e. The van der Waals surface area contributed by atoms with Crippen LogP contribution in [0.2, 0.25) is 0 Å². The lowest BCUT2D eigenvalue weighted by Gasteiger charge is -2.39. The van der Waals surface area contributed by atoms with Crippen LogP contribution >= 0.6 is 11.3 Å². The SMILES string of the molecule is COc1nc2ccc(-c3cc4ccccc4s3)cc2cc1C(c1ccccc1)C(O)(CCN(C)C)c1cccc2ccccc12. The number of methoxy groups -OCH3 is 1. The molecule has 2 atom stereocenters. The van der Waals surface area contributed by atoms with Crippen molar-refractivity contribution in [3.8, 4) is 16.3 Å². The Hall–Kier alpha value is -4.55. The molecule has 2 aromatic heterocycles. The molecular formula is C40H36N2O2S. The molecule has 1 N–H and O–H groups in total. The second-order valence-corrected chi connectivity index (χ2v) is 13.1. The third-order valence-corrected chi connectivity index (χ3v) is 9.99. The third kappa shape index (κ3) is 5.48. The predicted molar refractivity (Wildman–Crippen MR) is 188 cm³/mol. The summed E-state index contributed by atoms with van der Waals surface area (Å²) in [7, 11) is 5.77. The molecule has 0 amide bonds. The van der Waals surface area contributed by atoms with Crippen molar-refractivity contribution >= 4 is 43.1 Å². The normalized spacial score (nSPS) is 13.8. The Morgan fingerprint density at radius 3 is 2.29 bits per heavy atom. The molecule has 0 radical (unpaired) electrons. The summed E-state index contributed by atoms with van der Waals surface area (Å²) in [6, 6.07) is 44.2. The quantitative estimate of drug-likeness (QED) is 0.177. The Bertz CT molecular complexity index is 2080. The lowest BCUT2D eigenvalue weighted by molar-refractivity contribution is 0.00520. The zero-order valence-electron chi connectivity index (χ0n) is 25.8. The van der Waals surface area contributed by atoms with Gasteiger partial charge in [0.05, 0.1) is 12.6 Å². The molecule has 5 heteroatoms. The highest BCUT2D eigenvalue weighted by Gasteiger charge is 2.43. The molecule has 0 aliphatic rings. The maximum absolute atomic E-state index is 13.3. The molecule has 5 aromatic carbocycles. The minimum Gasteiger partial charge on any atom is -0.481 e. The first-order valence-corrected chi connectivity index (χ1v) is 16.1. The van der Waals surface area contributed by atoms with Gasteiger partial charge < -0.3 is 14.7 Å². The molecule has 2 heterocycles. The average Bonchev–Trinajstić information content (AvgIpc) is 3.52. The second kappa shape index (κ2) is 12.1. The Morgan fingerprint density at radius 1 is 0.778 bits per heavy atom. The summed E-state index contributed by atoms with van der Waals surface area (Å²) in [4.78, 5) is 8.39. The van der Waals surface area contributed by atoms with Gasteiger partial charge >= 0.3 is 0 Å². The average molecular weight is 609 g/mol. The van der Waals surface area contributed by atoms with Crippen molar-refractivity contribution in [2.45, 2.75) is 17.9 Å². The van der Waals surface area contributed by atoms with E-state index in [0.717, 1.165) is 43.9 Å². The molecule has 7 rings (SSSR count). The molecule has 4 nitrogen and oxygen atoms in total. The minimum atomic E-state index is -1.28. The standard InChI is InChI=1S/C40H36N2O2S/c1-42(2)23-22-40(43,34-18-11-16-27-12-7-9-17-32(27)34)38(28-13-5-4-6-14-28)33-25-31-24-30(20-21-35(31)41-39(33)44-3)37-26-29-15-8-10-19-36(29)45-37/h4-21,24-26,38,43H,22-23H2,1-3H3. The zero-order chi connectivity index (χ0) is 31.0. The summed E-state index contributed by atoms with van der Waals surface area (Å²) in [5.41, 5.74) is 3.49. The van der Waals surface area contributed by atoms with Crippen LogP contribution in [0.15, 0.2) is 127 Å². The summed E-state index contributed by atoms with van der Waals surface area (Å²) in [5, 5.41) is 17.7. The Kier molecular flexibility index (Phi) is 7.84. The van der Waals surface area contributed by atoms with Gasteiger partial charge in [-0.3, -0.25) is 0 Å². The van der Waals surface area contributed by atoms with Crippen molar-refractivity contribution in [1.82, 2.24) is 9.88 Å². The zero-order valence-corrected chi connectivity index (χ0v) is 26.6. The summed E-state index contributed by atoms with van der Waals surface area (Å²) < 4.78 is 7.29. The van der Waals surface area contributed by atoms with Gasteiger partial charge in [0.25, 0.3) is 0 Å². The van der Waals surface area contributed by atoms with Gasteiger partial charge in [0.2, 0.25) is 5.88 Å². The maximum Gasteiger partial charge on any atom is 0.217 e. The van der Waals surface area contributed by atoms with Gasteiger partial charge in [0.15, 0.2) is 0 Å². The van der Waals surface area contributed by atoms with Crippen molar-refractivity contribution in [3.05, 3.63) is 144 Å². The van der Waals surface area contributed by atoms with E-state index in [4.69, 9.17) is 9.72 Å². The van der Waals surface area contributed by atoms with Gasteiger partial charge in [-0.05, 0) is 83.7 Å². The number of rotatable bonds is 9. The molecule has 2 unspecified atom stereocenters. The molecular weight excluding hydrogens is 573 g/mol. The fourth-order valence-corrected chi connectivity index (χ4v) is 7.67. The fraction of sp³-hybridized carbons (Fsp3) is 0.175. The summed E-state index contributed by atoms with van der Waals surface area (Å²) >= 11 is 1.80. The number of aliphatic hydroxyl groups is 1. The van der Waals surface area contributed by atoms with Crippen LogP contribution in [0.25, 0.3) is 42.2 Å². The number of nitrogens with zero attached hydrogens (tertiary/aromatic N) is 2. The molecule has 224 valence electrons. The highest BCUT2D eigenvalue weighted by molar-refractivity contribution is 7.22. The van der Waals surface area contributed by atoms with Gasteiger partial charge in [-0.2, -0.15) is 0 Å². The number of ether oxygens (including phenoxy) is 1. The van der Waals surface area contributed by atoms with Crippen LogP contribution in [0.4, 0.5) is 0 Å². The first kappa shape index (κ1) is 29.2. The van der Waals surface area contributed by atoms with E-state index in [-0.39, 0.29) is 0 Å². The van der Waals surface area contributed by atoms with Gasteiger partial charge in [-0.15, -0.1) is 11.3 Å². The highest BCUT2D eigenvalue weighted by atomic mass is 32.1. The van der Waals surface area contributed by atoms with Gasteiger partial charge in [0, 0.05) is 33.0 Å². The number of hydrogen-bond donors (Lipinski definition) is 1. The number of fused-ring (bicyclic) bond motifs is 3. The van der Waals surface area contributed by atoms with Crippen LogP contribution in [0.1, 0.15) is 29.0 Å². The number of aromatic nitrogens is 1. The Balaban J connectivity index is 1.47. The molecule has 0 bridgehead atoms. The van der Waals surface area contributed by atoms with E-state index in [2.05, 4.69) is 110 Å². The fourth-order valence-electron chi connectivity index (χ4n) is 6.61. The van der Waals surface area contributed by atoms with E-state index in [9.17, 15) is 5.11 Å². The Morgan fingerprint density at radius 2 is 1.51 bits per heavy atom. The van der Waals surface area contributed by atoms with Crippen molar-refractivity contribution < 1.29 is 9.84 Å². The van der Waals surface area contributed by atoms with Crippen LogP contribution < -0.4 is 4.74 Å². The van der Waals surface area contributed by atoms with Crippen LogP contribution in [0.5, 0.6) is 5.88 Å². The minimum absolute atomic E-state index is 0.454. The number of benzene rings is 5. The first-order chi connectivity index (χ1) is 21.9. The van der Waals surface area contributed by atoms with Crippen LogP contribution in [-0.4, -0.2) is 42.7 Å². The topological polar surface area (TPSA) is 45.6 Å². The van der Waals surface area contributed by atoms with Crippen molar-refractivity contribution in [3.63, 3.8) is 0 Å². The number of pyridine rings is 1. The lowest BCUT2D eigenvalue weighted by atomic mass is 9.70. The second-order valence-electron chi connectivity index (χ2n) is 12.0. The van der Waals surface area contributed by atoms with E-state index < -0.39 is 11.5 Å². The molecule has 0 spiro atoms. The lowest BCUT2D eigenvalue weighted by Crippen LogP contribution is -2.38. The molecule has 0 fully saturated rings. The predicted octanol–water partition coefficient (Wildman–Crippen LogP) is 9.25. The van der Waals surface area contributed by atoms with Gasteiger partial charge in [-0.1, -0.05) is 97.1 Å². The van der Waals surface area contributed by atoms with Gasteiger partial charge in [0.1, 0.15) is 5.60 Å². The maximum atomic E-state index is 13.3. The highest BCUT2D eigenvalue weighted by Crippen LogP contribution is 2.49. The molecule has 0 aliphatic heterocycles.